The van der Waals surface area contributed by atoms with Crippen molar-refractivity contribution in [3.8, 4) is 5.69 Å². The highest BCUT2D eigenvalue weighted by Gasteiger charge is 2.16. The van der Waals surface area contributed by atoms with Gasteiger partial charge in [0, 0.05) is 6.26 Å². The standard InChI is InChI=1S/C19H18N2O4S/c1-26(24,25)17-11-9-16(10-12-17)21-18(19(22)23)13-15(20-21)8-7-14-5-3-2-4-6-14/h2-6,9-13H,7-8H2,1H3,(H,22,23). The van der Waals surface area contributed by atoms with Gasteiger partial charge in [0.25, 0.3) is 0 Å². The van der Waals surface area contributed by atoms with Crippen LogP contribution in [0.3, 0.4) is 0 Å². The van der Waals surface area contributed by atoms with Crippen LogP contribution in [0.5, 0.6) is 0 Å². The second-order valence-electron chi connectivity index (χ2n) is 5.99. The van der Waals surface area contributed by atoms with Crippen LogP contribution in [-0.2, 0) is 22.7 Å². The van der Waals surface area contributed by atoms with Gasteiger partial charge in [-0.25, -0.2) is 17.9 Å². The number of hydrogen-bond acceptors (Lipinski definition) is 4. The first kappa shape index (κ1) is 17.9. The molecule has 0 radical (unpaired) electrons. The minimum Gasteiger partial charge on any atom is -0.477 e. The highest BCUT2D eigenvalue weighted by atomic mass is 32.2. The Balaban J connectivity index is 1.89. The number of aryl methyl sites for hydroxylation is 2. The molecule has 1 aromatic heterocycles. The Bertz CT molecular complexity index is 1020. The molecular weight excluding hydrogens is 352 g/mol. The molecule has 0 unspecified atom stereocenters. The third kappa shape index (κ3) is 4.00. The summed E-state index contributed by atoms with van der Waals surface area (Å²) in [7, 11) is -3.31. The molecule has 0 aliphatic heterocycles. The molecule has 7 heteroatoms. The van der Waals surface area contributed by atoms with Crippen molar-refractivity contribution in [1.82, 2.24) is 9.78 Å². The number of aromatic carboxylic acids is 1. The SMILES string of the molecule is CS(=O)(=O)c1ccc(-n2nc(CCc3ccccc3)cc2C(=O)O)cc1. The highest BCUT2D eigenvalue weighted by molar-refractivity contribution is 7.90. The van der Waals surface area contributed by atoms with Crippen LogP contribution in [0.4, 0.5) is 0 Å². The summed E-state index contributed by atoms with van der Waals surface area (Å²) in [6.45, 7) is 0. The number of carboxylic acids is 1. The van der Waals surface area contributed by atoms with Crippen LogP contribution < -0.4 is 0 Å². The Morgan fingerprint density at radius 2 is 1.69 bits per heavy atom. The van der Waals surface area contributed by atoms with Crippen molar-refractivity contribution in [2.75, 3.05) is 6.26 Å². The molecule has 0 fully saturated rings. The van der Waals surface area contributed by atoms with Gasteiger partial charge in [0.1, 0.15) is 0 Å². The summed E-state index contributed by atoms with van der Waals surface area (Å²) >= 11 is 0. The predicted molar refractivity (Wildman–Crippen MR) is 97.5 cm³/mol. The zero-order chi connectivity index (χ0) is 18.7. The van der Waals surface area contributed by atoms with Crippen molar-refractivity contribution in [1.29, 1.82) is 0 Å². The van der Waals surface area contributed by atoms with E-state index in [0.717, 1.165) is 18.2 Å². The highest BCUT2D eigenvalue weighted by Crippen LogP contribution is 2.17. The van der Waals surface area contributed by atoms with Crippen molar-refractivity contribution in [2.45, 2.75) is 17.7 Å². The van der Waals surface area contributed by atoms with E-state index in [-0.39, 0.29) is 10.6 Å². The Morgan fingerprint density at radius 1 is 1.04 bits per heavy atom. The number of nitrogens with zero attached hydrogens (tertiary/aromatic N) is 2. The van der Waals surface area contributed by atoms with Gasteiger partial charge in [0.15, 0.2) is 15.5 Å². The molecule has 1 N–H and O–H groups in total. The molecule has 3 rings (SSSR count). The molecule has 0 aliphatic rings. The minimum absolute atomic E-state index is 0.0418. The maximum Gasteiger partial charge on any atom is 0.354 e. The zero-order valence-electron chi connectivity index (χ0n) is 14.2. The normalized spacial score (nSPS) is 11.4. The Kier molecular flexibility index (Phi) is 4.90. The number of carboxylic acid groups (broad SMARTS) is 1. The van der Waals surface area contributed by atoms with Crippen molar-refractivity contribution in [3.63, 3.8) is 0 Å². The summed E-state index contributed by atoms with van der Waals surface area (Å²) in [4.78, 5) is 11.7. The van der Waals surface area contributed by atoms with Crippen LogP contribution in [0.1, 0.15) is 21.7 Å². The van der Waals surface area contributed by atoms with Gasteiger partial charge in [-0.05, 0) is 48.7 Å². The molecule has 0 atom stereocenters. The first-order valence-corrected chi connectivity index (χ1v) is 9.90. The quantitative estimate of drug-likeness (QED) is 0.721. The Morgan fingerprint density at radius 3 is 2.27 bits per heavy atom. The Labute approximate surface area is 151 Å². The van der Waals surface area contributed by atoms with Crippen molar-refractivity contribution in [2.24, 2.45) is 0 Å². The summed E-state index contributed by atoms with van der Waals surface area (Å²) < 4.78 is 24.5. The van der Waals surface area contributed by atoms with Crippen LogP contribution in [0.2, 0.25) is 0 Å². The molecule has 0 spiro atoms. The second kappa shape index (κ2) is 7.13. The van der Waals surface area contributed by atoms with E-state index < -0.39 is 15.8 Å². The molecule has 0 bridgehead atoms. The molecule has 1 heterocycles. The number of carbonyl (C=O) groups is 1. The third-order valence-electron chi connectivity index (χ3n) is 4.00. The predicted octanol–water partition coefficient (Wildman–Crippen LogP) is 2.76. The second-order valence-corrected chi connectivity index (χ2v) is 8.01. The summed E-state index contributed by atoms with van der Waals surface area (Å²) in [6.07, 6.45) is 2.49. The number of aromatic nitrogens is 2. The fourth-order valence-corrected chi connectivity index (χ4v) is 3.28. The van der Waals surface area contributed by atoms with Crippen molar-refractivity contribution >= 4 is 15.8 Å². The van der Waals surface area contributed by atoms with Gasteiger partial charge < -0.3 is 5.11 Å². The van der Waals surface area contributed by atoms with Crippen molar-refractivity contribution < 1.29 is 18.3 Å². The van der Waals surface area contributed by atoms with E-state index in [1.165, 1.54) is 16.8 Å². The molecule has 3 aromatic rings. The molecule has 0 saturated carbocycles. The van der Waals surface area contributed by atoms with Gasteiger partial charge in [-0.1, -0.05) is 30.3 Å². The number of rotatable bonds is 6. The molecule has 2 aromatic carbocycles. The van der Waals surface area contributed by atoms with Gasteiger partial charge >= 0.3 is 5.97 Å². The monoisotopic (exact) mass is 370 g/mol. The third-order valence-corrected chi connectivity index (χ3v) is 5.13. The molecule has 0 saturated heterocycles. The lowest BCUT2D eigenvalue weighted by Gasteiger charge is -2.05. The van der Waals surface area contributed by atoms with Gasteiger partial charge in [-0.3, -0.25) is 0 Å². The minimum atomic E-state index is -3.31. The maximum absolute atomic E-state index is 11.6. The molecule has 0 aliphatic carbocycles. The molecule has 6 nitrogen and oxygen atoms in total. The lowest BCUT2D eigenvalue weighted by molar-refractivity contribution is 0.0687. The van der Waals surface area contributed by atoms with E-state index in [0.29, 0.717) is 17.8 Å². The summed E-state index contributed by atoms with van der Waals surface area (Å²) in [5.74, 6) is -1.09. The first-order valence-electron chi connectivity index (χ1n) is 8.01. The van der Waals surface area contributed by atoms with Gasteiger partial charge in [0.2, 0.25) is 0 Å². The average molecular weight is 370 g/mol. The summed E-state index contributed by atoms with van der Waals surface area (Å²) in [5, 5.41) is 13.8. The average Bonchev–Trinajstić information content (AvgIpc) is 3.05. The Hall–Kier alpha value is -2.93. The van der Waals surface area contributed by atoms with Crippen LogP contribution in [0, 0.1) is 0 Å². The zero-order valence-corrected chi connectivity index (χ0v) is 15.0. The van der Waals surface area contributed by atoms with Crippen LogP contribution in [0.25, 0.3) is 5.69 Å². The molecule has 0 amide bonds. The van der Waals surface area contributed by atoms with E-state index in [4.69, 9.17) is 0 Å². The van der Waals surface area contributed by atoms with E-state index >= 15 is 0 Å². The molecular formula is C19H18N2O4S. The van der Waals surface area contributed by atoms with Crippen LogP contribution >= 0.6 is 0 Å². The van der Waals surface area contributed by atoms with E-state index in [9.17, 15) is 18.3 Å². The van der Waals surface area contributed by atoms with Crippen LogP contribution in [-0.4, -0.2) is 35.5 Å². The van der Waals surface area contributed by atoms with Crippen molar-refractivity contribution in [3.05, 3.63) is 77.6 Å². The fraction of sp³-hybridized carbons (Fsp3) is 0.158. The maximum atomic E-state index is 11.6. The van der Waals surface area contributed by atoms with E-state index in [2.05, 4.69) is 5.10 Å². The smallest absolute Gasteiger partial charge is 0.354 e. The topological polar surface area (TPSA) is 89.3 Å². The van der Waals surface area contributed by atoms with Crippen LogP contribution in [0.15, 0.2) is 65.6 Å². The number of benzene rings is 2. The van der Waals surface area contributed by atoms with Gasteiger partial charge in [-0.2, -0.15) is 5.10 Å². The van der Waals surface area contributed by atoms with E-state index in [1.54, 1.807) is 18.2 Å². The number of sulfone groups is 1. The van der Waals surface area contributed by atoms with Gasteiger partial charge in [0.05, 0.1) is 16.3 Å². The largest absolute Gasteiger partial charge is 0.477 e. The summed E-state index contributed by atoms with van der Waals surface area (Å²) in [6, 6.07) is 17.4. The fourth-order valence-electron chi connectivity index (χ4n) is 2.65. The lowest BCUT2D eigenvalue weighted by Crippen LogP contribution is -2.08. The lowest BCUT2D eigenvalue weighted by atomic mass is 10.1. The molecule has 134 valence electrons. The molecule has 26 heavy (non-hydrogen) atoms. The van der Waals surface area contributed by atoms with E-state index in [1.807, 2.05) is 30.3 Å². The summed E-state index contributed by atoms with van der Waals surface area (Å²) in [5.41, 5.74) is 2.36. The number of hydrogen-bond donors (Lipinski definition) is 1. The first-order chi connectivity index (χ1) is 12.3. The van der Waals surface area contributed by atoms with Gasteiger partial charge in [-0.15, -0.1) is 0 Å².